The molecule has 0 unspecified atom stereocenters. The lowest BCUT2D eigenvalue weighted by Crippen LogP contribution is -2.10. The second kappa shape index (κ2) is 15.1. The summed E-state index contributed by atoms with van der Waals surface area (Å²) >= 11 is 0. The van der Waals surface area contributed by atoms with E-state index in [2.05, 4.69) is 241 Å². The summed E-state index contributed by atoms with van der Waals surface area (Å²) in [6.45, 7) is 0. The topological polar surface area (TPSA) is 12.5 Å². The second-order valence-electron chi connectivity index (χ2n) is 15.3. The van der Waals surface area contributed by atoms with Crippen molar-refractivity contribution >= 4 is 27.8 Å². The molecule has 1 heterocycles. The van der Waals surface area contributed by atoms with Gasteiger partial charge < -0.3 is 9.64 Å². The Kier molecular flexibility index (Phi) is 8.87. The maximum Gasteiger partial charge on any atom is 0.137 e. The first kappa shape index (κ1) is 35.2. The van der Waals surface area contributed by atoms with Crippen LogP contribution in [0.4, 0.5) is 17.1 Å². The Labute approximate surface area is 350 Å². The van der Waals surface area contributed by atoms with Gasteiger partial charge in [-0.3, -0.25) is 0 Å². The Morgan fingerprint density at radius 3 is 1.12 bits per heavy atom. The van der Waals surface area contributed by atoms with E-state index >= 15 is 0 Å². The highest BCUT2D eigenvalue weighted by Crippen LogP contribution is 2.51. The summed E-state index contributed by atoms with van der Waals surface area (Å²) in [6.07, 6.45) is 0. The van der Waals surface area contributed by atoms with E-state index in [1.165, 1.54) is 49.7 Å². The monoisotopic (exact) mass is 765 g/mol. The van der Waals surface area contributed by atoms with Crippen molar-refractivity contribution in [2.75, 3.05) is 4.90 Å². The van der Waals surface area contributed by atoms with Crippen LogP contribution >= 0.6 is 0 Å². The molecule has 0 amide bonds. The molecule has 1 aliphatic heterocycles. The molecular weight excluding hydrogens is 727 g/mol. The molecule has 0 saturated heterocycles. The molecule has 0 fully saturated rings. The second-order valence-corrected chi connectivity index (χ2v) is 15.3. The molecular formula is C58H39NO. The van der Waals surface area contributed by atoms with Crippen LogP contribution in [0.15, 0.2) is 237 Å². The van der Waals surface area contributed by atoms with Crippen molar-refractivity contribution in [3.63, 3.8) is 0 Å². The average Bonchev–Trinajstić information content (AvgIpc) is 3.45. The predicted octanol–water partition coefficient (Wildman–Crippen LogP) is 16.4. The normalized spacial score (nSPS) is 11.5. The Bertz CT molecular complexity index is 3120. The minimum atomic E-state index is 0.816. The number of fused-ring (bicyclic) bond motifs is 6. The van der Waals surface area contributed by atoms with Crippen LogP contribution in [0.25, 0.3) is 77.5 Å². The number of ether oxygens (including phenoxy) is 1. The molecule has 0 aromatic heterocycles. The highest BCUT2D eigenvalue weighted by Gasteiger charge is 2.24. The zero-order valence-electron chi connectivity index (χ0n) is 32.9. The Balaban J connectivity index is 1.02. The molecule has 1 aliphatic rings. The smallest absolute Gasteiger partial charge is 0.137 e. The summed E-state index contributed by atoms with van der Waals surface area (Å²) in [7, 11) is 0. The predicted molar refractivity (Wildman–Crippen MR) is 251 cm³/mol. The third-order valence-corrected chi connectivity index (χ3v) is 11.7. The lowest BCUT2D eigenvalue weighted by atomic mass is 9.90. The Morgan fingerprint density at radius 2 is 0.617 bits per heavy atom. The number of rotatable bonds is 7. The van der Waals surface area contributed by atoms with E-state index in [1.54, 1.807) is 0 Å². The van der Waals surface area contributed by atoms with Gasteiger partial charge in [0.2, 0.25) is 0 Å². The van der Waals surface area contributed by atoms with E-state index < -0.39 is 0 Å². The van der Waals surface area contributed by atoms with Crippen LogP contribution in [0.5, 0.6) is 11.5 Å². The third-order valence-electron chi connectivity index (χ3n) is 11.7. The zero-order valence-corrected chi connectivity index (χ0v) is 32.9. The first-order valence-corrected chi connectivity index (χ1v) is 20.5. The third kappa shape index (κ3) is 6.61. The summed E-state index contributed by atoms with van der Waals surface area (Å²) in [5.74, 6) is 1.65. The highest BCUT2D eigenvalue weighted by atomic mass is 16.5. The van der Waals surface area contributed by atoms with Crippen molar-refractivity contribution in [2.45, 2.75) is 0 Å². The highest BCUT2D eigenvalue weighted by molar-refractivity contribution is 6.01. The van der Waals surface area contributed by atoms with Gasteiger partial charge >= 0.3 is 0 Å². The number of nitrogens with zero attached hydrogens (tertiary/aromatic N) is 1. The van der Waals surface area contributed by atoms with Crippen LogP contribution < -0.4 is 9.64 Å². The standard InChI is InChI=1S/C58H39NO/c1-4-12-40(13-5-1)43-20-22-44(23-21-43)46-26-31-51(32-27-46)59(50-29-24-45(25-30-50)41-14-6-2-7-15-41)52-33-34-53-54-36-47-18-10-11-19-48(47)37-55(54)56-38-49(42-16-8-3-9-17-42)28-35-57(56)60-58(53)39-52/h1-39H. The van der Waals surface area contributed by atoms with Gasteiger partial charge in [0.1, 0.15) is 11.5 Å². The molecule has 10 aromatic carbocycles. The molecule has 11 rings (SSSR count). The Morgan fingerprint density at radius 1 is 0.233 bits per heavy atom. The van der Waals surface area contributed by atoms with Gasteiger partial charge in [0, 0.05) is 34.3 Å². The fourth-order valence-corrected chi connectivity index (χ4v) is 8.57. The van der Waals surface area contributed by atoms with Gasteiger partial charge in [-0.2, -0.15) is 0 Å². The van der Waals surface area contributed by atoms with Crippen molar-refractivity contribution in [1.82, 2.24) is 0 Å². The molecule has 0 bridgehead atoms. The molecule has 0 spiro atoms. The van der Waals surface area contributed by atoms with E-state index in [1.807, 2.05) is 0 Å². The Hall–Kier alpha value is -7.94. The fraction of sp³-hybridized carbons (Fsp3) is 0. The molecule has 0 aliphatic carbocycles. The van der Waals surface area contributed by atoms with Gasteiger partial charge in [0.05, 0.1) is 0 Å². The largest absolute Gasteiger partial charge is 0.456 e. The maximum atomic E-state index is 7.03. The van der Waals surface area contributed by atoms with Crippen molar-refractivity contribution in [2.24, 2.45) is 0 Å². The van der Waals surface area contributed by atoms with Crippen LogP contribution in [-0.4, -0.2) is 0 Å². The van der Waals surface area contributed by atoms with Gasteiger partial charge in [0.15, 0.2) is 0 Å². The fourth-order valence-electron chi connectivity index (χ4n) is 8.57. The van der Waals surface area contributed by atoms with Crippen LogP contribution in [0, 0.1) is 0 Å². The van der Waals surface area contributed by atoms with Gasteiger partial charge in [0.25, 0.3) is 0 Å². The number of hydrogen-bond donors (Lipinski definition) is 0. The molecule has 0 atom stereocenters. The van der Waals surface area contributed by atoms with Gasteiger partial charge in [-0.25, -0.2) is 0 Å². The number of benzene rings is 10. The van der Waals surface area contributed by atoms with E-state index in [-0.39, 0.29) is 0 Å². The number of anilines is 3. The molecule has 282 valence electrons. The van der Waals surface area contributed by atoms with Crippen LogP contribution in [-0.2, 0) is 0 Å². The van der Waals surface area contributed by atoms with Gasteiger partial charge in [-0.1, -0.05) is 170 Å². The van der Waals surface area contributed by atoms with E-state index in [0.29, 0.717) is 0 Å². The minimum Gasteiger partial charge on any atom is -0.456 e. The van der Waals surface area contributed by atoms with E-state index in [4.69, 9.17) is 4.74 Å². The molecule has 0 N–H and O–H groups in total. The number of hydrogen-bond acceptors (Lipinski definition) is 2. The molecule has 2 nitrogen and oxygen atoms in total. The summed E-state index contributed by atoms with van der Waals surface area (Å²) in [5.41, 5.74) is 17.0. The zero-order chi connectivity index (χ0) is 39.8. The van der Waals surface area contributed by atoms with Crippen LogP contribution in [0.3, 0.4) is 0 Å². The van der Waals surface area contributed by atoms with Gasteiger partial charge in [-0.05, 0) is 127 Å². The SMILES string of the molecule is c1ccc(-c2ccc(-c3ccc(N(c4ccc(-c5ccccc5)cc4)c4ccc5c(c4)Oc4ccc(-c6ccccc6)cc4-c4cc6ccccc6cc4-5)cc3)cc2)cc1. The van der Waals surface area contributed by atoms with Crippen molar-refractivity contribution in [3.05, 3.63) is 237 Å². The van der Waals surface area contributed by atoms with E-state index in [0.717, 1.165) is 56.4 Å². The molecule has 2 heteroatoms. The van der Waals surface area contributed by atoms with Crippen molar-refractivity contribution < 1.29 is 4.74 Å². The molecule has 60 heavy (non-hydrogen) atoms. The summed E-state index contributed by atoms with van der Waals surface area (Å²) < 4.78 is 7.03. The van der Waals surface area contributed by atoms with Crippen LogP contribution in [0.1, 0.15) is 0 Å². The maximum absolute atomic E-state index is 7.03. The first-order chi connectivity index (χ1) is 29.7. The summed E-state index contributed by atoms with van der Waals surface area (Å²) in [5, 5.41) is 2.40. The lowest BCUT2D eigenvalue weighted by Gasteiger charge is -2.27. The summed E-state index contributed by atoms with van der Waals surface area (Å²) in [4.78, 5) is 2.33. The van der Waals surface area contributed by atoms with Crippen LogP contribution in [0.2, 0.25) is 0 Å². The minimum absolute atomic E-state index is 0.816. The van der Waals surface area contributed by atoms with Crippen molar-refractivity contribution in [1.29, 1.82) is 0 Å². The van der Waals surface area contributed by atoms with E-state index in [9.17, 15) is 0 Å². The quantitative estimate of drug-likeness (QED) is 0.160. The molecule has 0 radical (unpaired) electrons. The molecule has 0 saturated carbocycles. The average molecular weight is 766 g/mol. The van der Waals surface area contributed by atoms with Gasteiger partial charge in [-0.15, -0.1) is 0 Å². The summed E-state index contributed by atoms with van der Waals surface area (Å²) in [6, 6.07) is 84.7. The molecule has 10 aromatic rings. The van der Waals surface area contributed by atoms with Crippen molar-refractivity contribution in [3.8, 4) is 78.3 Å². The first-order valence-electron chi connectivity index (χ1n) is 20.5. The lowest BCUT2D eigenvalue weighted by molar-refractivity contribution is 0.488.